The summed E-state index contributed by atoms with van der Waals surface area (Å²) in [7, 11) is 0. The van der Waals surface area contributed by atoms with Crippen LogP contribution in [0.2, 0.25) is 0 Å². The number of aliphatic hydroxyl groups is 1. The van der Waals surface area contributed by atoms with Gasteiger partial charge in [0, 0.05) is 36.9 Å². The Balaban J connectivity index is 1.47. The summed E-state index contributed by atoms with van der Waals surface area (Å²) in [5, 5.41) is 10.3. The van der Waals surface area contributed by atoms with E-state index in [-0.39, 0.29) is 23.2 Å². The lowest BCUT2D eigenvalue weighted by molar-refractivity contribution is -0.136. The standard InChI is InChI=1S/C20H27NO3/c22-17(16-7-2-1-3-8-16)9-4-11-19(24)21-14-6-13-20(15-21)12-5-10-18(20)23/h1-3,7-8,18,23H,4-6,9-15H2/t18-,20+/m1/s1. The van der Waals surface area contributed by atoms with Crippen molar-refractivity contribution >= 4 is 11.7 Å². The number of aliphatic hydroxyl groups excluding tert-OH is 1. The number of likely N-dealkylation sites (tertiary alicyclic amines) is 1. The van der Waals surface area contributed by atoms with E-state index < -0.39 is 0 Å². The fraction of sp³-hybridized carbons (Fsp3) is 0.600. The number of carbonyl (C=O) groups excluding carboxylic acids is 2. The number of ketones is 1. The Morgan fingerprint density at radius 1 is 1.12 bits per heavy atom. The minimum Gasteiger partial charge on any atom is -0.392 e. The van der Waals surface area contributed by atoms with E-state index in [1.54, 1.807) is 0 Å². The molecule has 0 radical (unpaired) electrons. The highest BCUT2D eigenvalue weighted by Gasteiger charge is 2.45. The molecule has 2 atom stereocenters. The van der Waals surface area contributed by atoms with Gasteiger partial charge in [-0.3, -0.25) is 9.59 Å². The molecule has 0 aromatic heterocycles. The molecule has 1 N–H and O–H groups in total. The summed E-state index contributed by atoms with van der Waals surface area (Å²) in [5.74, 6) is 0.235. The molecule has 1 aromatic carbocycles. The Bertz CT molecular complexity index is 586. The van der Waals surface area contributed by atoms with E-state index in [2.05, 4.69) is 0 Å². The zero-order valence-electron chi connectivity index (χ0n) is 14.2. The van der Waals surface area contributed by atoms with E-state index in [9.17, 15) is 14.7 Å². The summed E-state index contributed by atoms with van der Waals surface area (Å²) in [6.45, 7) is 1.49. The van der Waals surface area contributed by atoms with Crippen molar-refractivity contribution in [3.63, 3.8) is 0 Å². The Labute approximate surface area is 143 Å². The van der Waals surface area contributed by atoms with Crippen LogP contribution in [0.1, 0.15) is 61.7 Å². The molecule has 0 bridgehead atoms. The number of amides is 1. The fourth-order valence-corrected chi connectivity index (χ4v) is 4.30. The predicted octanol–water partition coefficient (Wildman–Crippen LogP) is 3.19. The molecule has 1 saturated heterocycles. The fourth-order valence-electron chi connectivity index (χ4n) is 4.30. The van der Waals surface area contributed by atoms with E-state index in [4.69, 9.17) is 0 Å². The molecule has 1 saturated carbocycles. The molecule has 3 rings (SSSR count). The van der Waals surface area contributed by atoms with Gasteiger partial charge in [-0.2, -0.15) is 0 Å². The van der Waals surface area contributed by atoms with Gasteiger partial charge < -0.3 is 10.0 Å². The first-order valence-corrected chi connectivity index (χ1v) is 9.15. The molecule has 130 valence electrons. The number of carbonyl (C=O) groups is 2. The summed E-state index contributed by atoms with van der Waals surface area (Å²) < 4.78 is 0. The lowest BCUT2D eigenvalue weighted by atomic mass is 9.76. The smallest absolute Gasteiger partial charge is 0.222 e. The molecular weight excluding hydrogens is 302 g/mol. The van der Waals surface area contributed by atoms with Crippen LogP contribution in [-0.2, 0) is 4.79 Å². The van der Waals surface area contributed by atoms with Crippen LogP contribution < -0.4 is 0 Å². The predicted molar refractivity (Wildman–Crippen MR) is 92.7 cm³/mol. The lowest BCUT2D eigenvalue weighted by Gasteiger charge is -2.42. The van der Waals surface area contributed by atoms with Crippen molar-refractivity contribution in [1.29, 1.82) is 0 Å². The first kappa shape index (κ1) is 17.2. The highest BCUT2D eigenvalue weighted by molar-refractivity contribution is 5.96. The van der Waals surface area contributed by atoms with Gasteiger partial charge in [0.15, 0.2) is 5.78 Å². The zero-order valence-corrected chi connectivity index (χ0v) is 14.2. The monoisotopic (exact) mass is 329 g/mol. The zero-order chi connectivity index (χ0) is 17.0. The van der Waals surface area contributed by atoms with Gasteiger partial charge in [-0.1, -0.05) is 36.8 Å². The van der Waals surface area contributed by atoms with Crippen molar-refractivity contribution in [1.82, 2.24) is 4.90 Å². The van der Waals surface area contributed by atoms with Crippen molar-refractivity contribution in [3.8, 4) is 0 Å². The van der Waals surface area contributed by atoms with Crippen LogP contribution >= 0.6 is 0 Å². The Morgan fingerprint density at radius 2 is 1.88 bits per heavy atom. The van der Waals surface area contributed by atoms with Gasteiger partial charge in [0.05, 0.1) is 6.10 Å². The van der Waals surface area contributed by atoms with E-state index in [1.807, 2.05) is 35.2 Å². The topological polar surface area (TPSA) is 57.6 Å². The van der Waals surface area contributed by atoms with Gasteiger partial charge in [-0.15, -0.1) is 0 Å². The number of piperidine rings is 1. The molecule has 24 heavy (non-hydrogen) atoms. The third-order valence-electron chi connectivity index (χ3n) is 5.71. The van der Waals surface area contributed by atoms with Crippen molar-refractivity contribution in [2.45, 2.75) is 57.5 Å². The summed E-state index contributed by atoms with van der Waals surface area (Å²) >= 11 is 0. The van der Waals surface area contributed by atoms with Crippen LogP contribution in [0.5, 0.6) is 0 Å². The Hall–Kier alpha value is -1.68. The van der Waals surface area contributed by atoms with Gasteiger partial charge in [-0.25, -0.2) is 0 Å². The van der Waals surface area contributed by atoms with Crippen molar-refractivity contribution < 1.29 is 14.7 Å². The minimum absolute atomic E-state index is 0.0617. The highest BCUT2D eigenvalue weighted by atomic mass is 16.3. The van der Waals surface area contributed by atoms with Crippen molar-refractivity contribution in [3.05, 3.63) is 35.9 Å². The molecule has 1 heterocycles. The van der Waals surface area contributed by atoms with E-state index in [0.717, 1.165) is 44.2 Å². The summed E-state index contributed by atoms with van der Waals surface area (Å²) in [6, 6.07) is 9.25. The molecule has 1 aliphatic heterocycles. The molecule has 4 nitrogen and oxygen atoms in total. The van der Waals surface area contributed by atoms with Gasteiger partial charge in [0.25, 0.3) is 0 Å². The maximum absolute atomic E-state index is 12.5. The lowest BCUT2D eigenvalue weighted by Crippen LogP contribution is -2.49. The molecule has 0 unspecified atom stereocenters. The van der Waals surface area contributed by atoms with Crippen LogP contribution in [0.4, 0.5) is 0 Å². The quantitative estimate of drug-likeness (QED) is 0.844. The maximum Gasteiger partial charge on any atom is 0.222 e. The SMILES string of the molecule is O=C(CCCC(=O)N1CCC[C@@]2(CCC[C@H]2O)C1)c1ccccc1. The molecule has 1 amide bonds. The Morgan fingerprint density at radius 3 is 2.58 bits per heavy atom. The van der Waals surface area contributed by atoms with Crippen LogP contribution in [0.3, 0.4) is 0 Å². The number of Topliss-reactive ketones (excluding diaryl/α,β-unsaturated/α-hetero) is 1. The second kappa shape index (κ2) is 7.47. The van der Waals surface area contributed by atoms with Crippen LogP contribution in [0.15, 0.2) is 30.3 Å². The molecule has 1 aromatic rings. The first-order valence-electron chi connectivity index (χ1n) is 9.15. The van der Waals surface area contributed by atoms with Gasteiger partial charge in [0.2, 0.25) is 5.91 Å². The largest absolute Gasteiger partial charge is 0.392 e. The average Bonchev–Trinajstić information content (AvgIpc) is 2.95. The van der Waals surface area contributed by atoms with E-state index in [0.29, 0.717) is 25.8 Å². The summed E-state index contributed by atoms with van der Waals surface area (Å²) in [6.07, 6.45) is 6.15. The molecule has 4 heteroatoms. The third kappa shape index (κ3) is 3.69. The van der Waals surface area contributed by atoms with Gasteiger partial charge in [0.1, 0.15) is 0 Å². The van der Waals surface area contributed by atoms with E-state index >= 15 is 0 Å². The minimum atomic E-state index is -0.257. The normalized spacial score (nSPS) is 26.7. The average molecular weight is 329 g/mol. The highest BCUT2D eigenvalue weighted by Crippen LogP contribution is 2.45. The first-order chi connectivity index (χ1) is 11.6. The second-order valence-electron chi connectivity index (χ2n) is 7.33. The van der Waals surface area contributed by atoms with E-state index in [1.165, 1.54) is 0 Å². The number of hydrogen-bond donors (Lipinski definition) is 1. The number of rotatable bonds is 5. The number of nitrogens with zero attached hydrogens (tertiary/aromatic N) is 1. The summed E-state index contributed by atoms with van der Waals surface area (Å²) in [5.41, 5.74) is 0.657. The Kier molecular flexibility index (Phi) is 5.34. The maximum atomic E-state index is 12.5. The van der Waals surface area contributed by atoms with Gasteiger partial charge >= 0.3 is 0 Å². The molecule has 2 aliphatic rings. The number of hydrogen-bond acceptors (Lipinski definition) is 3. The summed E-state index contributed by atoms with van der Waals surface area (Å²) in [4.78, 5) is 26.5. The molecule has 1 aliphatic carbocycles. The second-order valence-corrected chi connectivity index (χ2v) is 7.33. The molecule has 2 fully saturated rings. The van der Waals surface area contributed by atoms with Crippen molar-refractivity contribution in [2.24, 2.45) is 5.41 Å². The van der Waals surface area contributed by atoms with Crippen molar-refractivity contribution in [2.75, 3.05) is 13.1 Å². The van der Waals surface area contributed by atoms with Gasteiger partial charge in [-0.05, 0) is 32.1 Å². The molecule has 1 spiro atoms. The van der Waals surface area contributed by atoms with Crippen LogP contribution in [-0.4, -0.2) is 40.9 Å². The third-order valence-corrected chi connectivity index (χ3v) is 5.71. The molecular formula is C20H27NO3. The van der Waals surface area contributed by atoms with Crippen LogP contribution in [0.25, 0.3) is 0 Å². The van der Waals surface area contributed by atoms with Crippen LogP contribution in [0, 0.1) is 5.41 Å². The number of benzene rings is 1.